The maximum absolute atomic E-state index is 12.8. The highest BCUT2D eigenvalue weighted by atomic mass is 35.5. The Labute approximate surface area is 128 Å². The van der Waals surface area contributed by atoms with Crippen molar-refractivity contribution in [2.24, 2.45) is 0 Å². The molecule has 2 aromatic rings. The predicted molar refractivity (Wildman–Crippen MR) is 77.7 cm³/mol. The Balaban J connectivity index is 2.24. The Morgan fingerprint density at radius 3 is 2.76 bits per heavy atom. The van der Waals surface area contributed by atoms with Crippen LogP contribution in [-0.4, -0.2) is 18.3 Å². The fraction of sp³-hybridized carbons (Fsp3) is 0.308. The topological polar surface area (TPSA) is 34.1 Å². The van der Waals surface area contributed by atoms with Gasteiger partial charge in [0.25, 0.3) is 0 Å². The summed E-state index contributed by atoms with van der Waals surface area (Å²) in [7, 11) is 0. The third-order valence-electron chi connectivity index (χ3n) is 2.55. The molecule has 1 heterocycles. The zero-order chi connectivity index (χ0) is 15.5. The van der Waals surface area contributed by atoms with Crippen LogP contribution in [0.3, 0.4) is 0 Å². The first-order chi connectivity index (χ1) is 9.90. The number of benzene rings is 1. The van der Waals surface area contributed by atoms with Crippen molar-refractivity contribution in [3.05, 3.63) is 34.2 Å². The molecule has 0 radical (unpaired) electrons. The number of hydrogen-bond acceptors (Lipinski definition) is 4. The Morgan fingerprint density at radius 1 is 1.33 bits per heavy atom. The van der Waals surface area contributed by atoms with Gasteiger partial charge in [0.2, 0.25) is 0 Å². The summed E-state index contributed by atoms with van der Waals surface area (Å²) in [6.45, 7) is 2.72. The summed E-state index contributed by atoms with van der Waals surface area (Å²) in [6, 6.07) is 3.39. The van der Waals surface area contributed by atoms with E-state index in [9.17, 15) is 13.2 Å². The smallest absolute Gasteiger partial charge is 0.362 e. The third-order valence-corrected chi connectivity index (χ3v) is 3.57. The Morgan fingerprint density at radius 2 is 2.10 bits per heavy atom. The van der Waals surface area contributed by atoms with Gasteiger partial charge in [0, 0.05) is 22.6 Å². The molecule has 0 amide bonds. The number of anilines is 1. The maximum atomic E-state index is 12.8. The van der Waals surface area contributed by atoms with E-state index >= 15 is 0 Å². The van der Waals surface area contributed by atoms with Crippen molar-refractivity contribution in [1.82, 2.24) is 4.98 Å². The monoisotopic (exact) mass is 336 g/mol. The molecule has 0 saturated heterocycles. The highest BCUT2D eigenvalue weighted by Crippen LogP contribution is 2.35. The van der Waals surface area contributed by atoms with Crippen LogP contribution in [0.25, 0.3) is 11.3 Å². The molecule has 3 nitrogen and oxygen atoms in total. The van der Waals surface area contributed by atoms with Crippen molar-refractivity contribution in [2.75, 3.05) is 18.7 Å². The van der Waals surface area contributed by atoms with Gasteiger partial charge < -0.3 is 10.1 Å². The predicted octanol–water partition coefficient (Wildman–Crippen LogP) is 4.89. The molecule has 2 rings (SSSR count). The van der Waals surface area contributed by atoms with Crippen LogP contribution in [0.4, 0.5) is 18.3 Å². The summed E-state index contributed by atoms with van der Waals surface area (Å²) < 4.78 is 43.4. The first-order valence-corrected chi connectivity index (χ1v) is 7.31. The molecule has 8 heteroatoms. The molecule has 21 heavy (non-hydrogen) atoms. The standard InChI is InChI=1S/C13H12ClF3N2OS/c1-2-20-7-18-12-19-11(6-21-12)8-3-9(13(15,16)17)5-10(14)4-8/h3-6H,2,7H2,1H3,(H,18,19). The molecule has 0 aliphatic carbocycles. The third kappa shape index (κ3) is 4.33. The molecule has 114 valence electrons. The average molecular weight is 337 g/mol. The quantitative estimate of drug-likeness (QED) is 0.623. The highest BCUT2D eigenvalue weighted by Gasteiger charge is 2.31. The number of hydrogen-bond donors (Lipinski definition) is 1. The normalized spacial score (nSPS) is 11.7. The first-order valence-electron chi connectivity index (χ1n) is 6.05. The first kappa shape index (κ1) is 16.1. The lowest BCUT2D eigenvalue weighted by atomic mass is 10.1. The number of nitrogens with zero attached hydrogens (tertiary/aromatic N) is 1. The van der Waals surface area contributed by atoms with Crippen molar-refractivity contribution in [1.29, 1.82) is 0 Å². The molecule has 0 unspecified atom stereocenters. The summed E-state index contributed by atoms with van der Waals surface area (Å²) in [5, 5.41) is 5.19. The molecular formula is C13H12ClF3N2OS. The second kappa shape index (κ2) is 6.64. The van der Waals surface area contributed by atoms with Crippen LogP contribution < -0.4 is 5.32 Å². The van der Waals surface area contributed by atoms with Gasteiger partial charge >= 0.3 is 6.18 Å². The van der Waals surface area contributed by atoms with Crippen LogP contribution in [0.15, 0.2) is 23.6 Å². The van der Waals surface area contributed by atoms with E-state index in [0.29, 0.717) is 29.7 Å². The Bertz CT molecular complexity index is 616. The minimum atomic E-state index is -4.44. The van der Waals surface area contributed by atoms with Crippen molar-refractivity contribution in [2.45, 2.75) is 13.1 Å². The summed E-state index contributed by atoms with van der Waals surface area (Å²) in [6.07, 6.45) is -4.44. The second-order valence-electron chi connectivity index (χ2n) is 4.08. The van der Waals surface area contributed by atoms with Gasteiger partial charge in [0.05, 0.1) is 11.3 Å². The Hall–Kier alpha value is -1.31. The van der Waals surface area contributed by atoms with Crippen LogP contribution in [-0.2, 0) is 10.9 Å². The molecule has 0 spiro atoms. The van der Waals surface area contributed by atoms with Gasteiger partial charge in [-0.1, -0.05) is 11.6 Å². The van der Waals surface area contributed by atoms with E-state index in [1.54, 1.807) is 5.38 Å². The molecule has 0 fully saturated rings. The summed E-state index contributed by atoms with van der Waals surface area (Å²) >= 11 is 7.04. The van der Waals surface area contributed by atoms with Gasteiger partial charge in [-0.25, -0.2) is 4.98 Å². The summed E-state index contributed by atoms with van der Waals surface area (Å²) in [4.78, 5) is 4.22. The zero-order valence-electron chi connectivity index (χ0n) is 11.0. The molecule has 1 aromatic heterocycles. The zero-order valence-corrected chi connectivity index (χ0v) is 12.6. The van der Waals surface area contributed by atoms with E-state index in [1.807, 2.05) is 6.92 Å². The van der Waals surface area contributed by atoms with E-state index in [1.165, 1.54) is 17.4 Å². The summed E-state index contributed by atoms with van der Waals surface area (Å²) in [5.41, 5.74) is -0.0237. The lowest BCUT2D eigenvalue weighted by molar-refractivity contribution is -0.137. The van der Waals surface area contributed by atoms with Crippen molar-refractivity contribution >= 4 is 28.1 Å². The van der Waals surface area contributed by atoms with Gasteiger partial charge in [-0.2, -0.15) is 13.2 Å². The molecule has 0 bridgehead atoms. The average Bonchev–Trinajstić information content (AvgIpc) is 2.86. The molecular weight excluding hydrogens is 325 g/mol. The van der Waals surface area contributed by atoms with Crippen molar-refractivity contribution < 1.29 is 17.9 Å². The van der Waals surface area contributed by atoms with Crippen LogP contribution in [0.5, 0.6) is 0 Å². The molecule has 1 N–H and O–H groups in total. The SMILES string of the molecule is CCOCNc1nc(-c2cc(Cl)cc(C(F)(F)F)c2)cs1. The fourth-order valence-electron chi connectivity index (χ4n) is 1.60. The van der Waals surface area contributed by atoms with Gasteiger partial charge in [-0.3, -0.25) is 0 Å². The van der Waals surface area contributed by atoms with E-state index in [-0.39, 0.29) is 5.02 Å². The number of thiazole rings is 1. The van der Waals surface area contributed by atoms with Crippen molar-refractivity contribution in [3.63, 3.8) is 0 Å². The van der Waals surface area contributed by atoms with Gasteiger partial charge in [0.1, 0.15) is 6.73 Å². The molecule has 1 aromatic carbocycles. The van der Waals surface area contributed by atoms with Crippen LogP contribution in [0.2, 0.25) is 5.02 Å². The highest BCUT2D eigenvalue weighted by molar-refractivity contribution is 7.14. The van der Waals surface area contributed by atoms with Crippen molar-refractivity contribution in [3.8, 4) is 11.3 Å². The summed E-state index contributed by atoms with van der Waals surface area (Å²) in [5.74, 6) is 0. The van der Waals surface area contributed by atoms with Gasteiger partial charge in [0.15, 0.2) is 5.13 Å². The molecule has 0 aliphatic heterocycles. The lowest BCUT2D eigenvalue weighted by Crippen LogP contribution is -2.05. The van der Waals surface area contributed by atoms with Crippen LogP contribution >= 0.6 is 22.9 Å². The molecule has 0 atom stereocenters. The number of halogens is 4. The maximum Gasteiger partial charge on any atom is 0.416 e. The fourth-order valence-corrected chi connectivity index (χ4v) is 2.54. The minimum absolute atomic E-state index is 0.0247. The van der Waals surface area contributed by atoms with E-state index in [0.717, 1.165) is 12.1 Å². The second-order valence-corrected chi connectivity index (χ2v) is 5.37. The van der Waals surface area contributed by atoms with Crippen LogP contribution in [0, 0.1) is 0 Å². The number of alkyl halides is 3. The number of nitrogens with one attached hydrogen (secondary N) is 1. The number of rotatable bonds is 5. The van der Waals surface area contributed by atoms with E-state index < -0.39 is 11.7 Å². The molecule has 0 aliphatic rings. The minimum Gasteiger partial charge on any atom is -0.362 e. The van der Waals surface area contributed by atoms with Gasteiger partial charge in [-0.15, -0.1) is 11.3 Å². The largest absolute Gasteiger partial charge is 0.416 e. The van der Waals surface area contributed by atoms with E-state index in [2.05, 4.69) is 10.3 Å². The lowest BCUT2D eigenvalue weighted by Gasteiger charge is -2.08. The molecule has 0 saturated carbocycles. The van der Waals surface area contributed by atoms with E-state index in [4.69, 9.17) is 16.3 Å². The van der Waals surface area contributed by atoms with Gasteiger partial charge in [-0.05, 0) is 25.1 Å². The number of ether oxygens (including phenoxy) is 1. The van der Waals surface area contributed by atoms with Crippen LogP contribution in [0.1, 0.15) is 12.5 Å². The number of aromatic nitrogens is 1. The Kier molecular flexibility index (Phi) is 5.08.